The summed E-state index contributed by atoms with van der Waals surface area (Å²) in [5.74, 6) is 1.12. The van der Waals surface area contributed by atoms with Crippen molar-refractivity contribution in [3.05, 3.63) is 81.7 Å². The van der Waals surface area contributed by atoms with Crippen LogP contribution in [0.15, 0.2) is 54.7 Å². The van der Waals surface area contributed by atoms with Gasteiger partial charge in [-0.1, -0.05) is 24.3 Å². The molecule has 134 valence electrons. The second kappa shape index (κ2) is 7.26. The van der Waals surface area contributed by atoms with Crippen LogP contribution in [-0.4, -0.2) is 21.6 Å². The number of rotatable bonds is 6. The van der Waals surface area contributed by atoms with Crippen LogP contribution < -0.4 is 10.5 Å². The van der Waals surface area contributed by atoms with E-state index in [-0.39, 0.29) is 16.5 Å². The first-order chi connectivity index (χ1) is 12.5. The van der Waals surface area contributed by atoms with Crippen LogP contribution in [0.25, 0.3) is 0 Å². The Morgan fingerprint density at radius 1 is 1.27 bits per heavy atom. The summed E-state index contributed by atoms with van der Waals surface area (Å²) in [5, 5.41) is 11.1. The Kier molecular flexibility index (Phi) is 4.88. The van der Waals surface area contributed by atoms with Gasteiger partial charge in [-0.2, -0.15) is 0 Å². The van der Waals surface area contributed by atoms with Gasteiger partial charge in [0.05, 0.1) is 17.7 Å². The molecule has 0 aliphatic heterocycles. The summed E-state index contributed by atoms with van der Waals surface area (Å²) >= 11 is 0. The van der Waals surface area contributed by atoms with Gasteiger partial charge < -0.3 is 15.0 Å². The molecule has 2 aromatic carbocycles. The molecule has 0 radical (unpaired) electrons. The van der Waals surface area contributed by atoms with E-state index in [0.717, 1.165) is 22.6 Å². The van der Waals surface area contributed by atoms with Gasteiger partial charge in [0.2, 0.25) is 0 Å². The molecule has 26 heavy (non-hydrogen) atoms. The van der Waals surface area contributed by atoms with E-state index in [1.165, 1.54) is 6.07 Å². The third-order valence-electron chi connectivity index (χ3n) is 4.37. The molecule has 3 aromatic rings. The number of aromatic nitrogens is 2. The van der Waals surface area contributed by atoms with Gasteiger partial charge >= 0.3 is 0 Å². The molecule has 2 N–H and O–H groups in total. The second-order valence-electron chi connectivity index (χ2n) is 6.09. The molecule has 0 bridgehead atoms. The molecule has 1 atom stereocenters. The number of aryl methyl sites for hydroxylation is 1. The molecule has 7 heteroatoms. The molecule has 0 saturated heterocycles. The number of non-ortho nitro benzene ring substituents is 1. The highest BCUT2D eigenvalue weighted by atomic mass is 16.6. The summed E-state index contributed by atoms with van der Waals surface area (Å²) in [7, 11) is 3.46. The Morgan fingerprint density at radius 2 is 2.00 bits per heavy atom. The van der Waals surface area contributed by atoms with E-state index in [1.807, 2.05) is 43.6 Å². The fraction of sp³-hybridized carbons (Fsp3) is 0.211. The molecular formula is C19H20N4O3. The molecule has 3 rings (SSSR count). The lowest BCUT2D eigenvalue weighted by molar-refractivity contribution is -0.384. The highest BCUT2D eigenvalue weighted by molar-refractivity contribution is 5.40. The average Bonchev–Trinajstić information content (AvgIpc) is 2.98. The highest BCUT2D eigenvalue weighted by Crippen LogP contribution is 2.30. The molecule has 0 aliphatic rings. The minimum absolute atomic E-state index is 0.0774. The molecular weight excluding hydrogens is 332 g/mol. The van der Waals surface area contributed by atoms with E-state index < -0.39 is 0 Å². The smallest absolute Gasteiger partial charge is 0.269 e. The zero-order valence-electron chi connectivity index (χ0n) is 14.6. The van der Waals surface area contributed by atoms with Crippen LogP contribution in [0.3, 0.4) is 0 Å². The van der Waals surface area contributed by atoms with Gasteiger partial charge in [-0.3, -0.25) is 10.1 Å². The quantitative estimate of drug-likeness (QED) is 0.542. The molecule has 1 unspecified atom stereocenters. The fourth-order valence-corrected chi connectivity index (χ4v) is 2.93. The summed E-state index contributed by atoms with van der Waals surface area (Å²) in [6, 6.07) is 14.4. The standard InChI is InChI=1S/C19H20N4O3/c1-22-12-18(21-19(22)20)17(14-6-8-16(26-2)9-7-14)11-13-4-3-5-15(10-13)23(24)25/h3-10,12,17H,11H2,1-2H3,(H2,20,21). The molecule has 0 fully saturated rings. The van der Waals surface area contributed by atoms with E-state index in [0.29, 0.717) is 12.4 Å². The topological polar surface area (TPSA) is 96.2 Å². The fourth-order valence-electron chi connectivity index (χ4n) is 2.93. The van der Waals surface area contributed by atoms with Gasteiger partial charge in [0, 0.05) is 31.3 Å². The molecule has 1 aromatic heterocycles. The number of nitro groups is 1. The maximum absolute atomic E-state index is 11.1. The van der Waals surface area contributed by atoms with Crippen molar-refractivity contribution in [3.63, 3.8) is 0 Å². The van der Waals surface area contributed by atoms with E-state index >= 15 is 0 Å². The van der Waals surface area contributed by atoms with Gasteiger partial charge in [0.1, 0.15) is 5.75 Å². The van der Waals surface area contributed by atoms with E-state index in [9.17, 15) is 10.1 Å². The molecule has 0 saturated carbocycles. The van der Waals surface area contributed by atoms with Gasteiger partial charge in [-0.25, -0.2) is 4.98 Å². The van der Waals surface area contributed by atoms with Crippen molar-refractivity contribution in [2.24, 2.45) is 7.05 Å². The van der Waals surface area contributed by atoms with Gasteiger partial charge in [0.15, 0.2) is 5.95 Å². The van der Waals surface area contributed by atoms with Crippen molar-refractivity contribution in [1.29, 1.82) is 0 Å². The Hall–Kier alpha value is -3.35. The zero-order chi connectivity index (χ0) is 18.7. The van der Waals surface area contributed by atoms with Gasteiger partial charge in [0.25, 0.3) is 5.69 Å². The van der Waals surface area contributed by atoms with Crippen molar-refractivity contribution in [3.8, 4) is 5.75 Å². The lowest BCUT2D eigenvalue weighted by Gasteiger charge is -2.16. The number of nitrogen functional groups attached to an aromatic ring is 1. The van der Waals surface area contributed by atoms with Crippen LogP contribution in [0.4, 0.5) is 11.6 Å². The normalized spacial score (nSPS) is 11.9. The van der Waals surface area contributed by atoms with E-state index in [1.54, 1.807) is 23.8 Å². The SMILES string of the molecule is COc1ccc(C(Cc2cccc([N+](=O)[O-])c2)c2cn(C)c(N)n2)cc1. The molecule has 1 heterocycles. The number of anilines is 1. The van der Waals surface area contributed by atoms with Crippen molar-refractivity contribution in [2.75, 3.05) is 12.8 Å². The van der Waals surface area contributed by atoms with Crippen LogP contribution in [0, 0.1) is 10.1 Å². The number of nitrogens with zero attached hydrogens (tertiary/aromatic N) is 3. The first-order valence-corrected chi connectivity index (χ1v) is 8.14. The molecule has 0 aliphatic carbocycles. The van der Waals surface area contributed by atoms with Crippen LogP contribution in [0.1, 0.15) is 22.7 Å². The summed E-state index contributed by atoms with van der Waals surface area (Å²) in [6.07, 6.45) is 2.46. The Labute approximate surface area is 151 Å². The lowest BCUT2D eigenvalue weighted by Crippen LogP contribution is -2.06. The lowest BCUT2D eigenvalue weighted by atomic mass is 9.89. The third-order valence-corrected chi connectivity index (χ3v) is 4.37. The zero-order valence-corrected chi connectivity index (χ0v) is 14.6. The van der Waals surface area contributed by atoms with Crippen LogP contribution in [0.5, 0.6) is 5.75 Å². The van der Waals surface area contributed by atoms with Crippen LogP contribution in [0.2, 0.25) is 0 Å². The predicted octanol–water partition coefficient (Wildman–Crippen LogP) is 3.29. The Bertz CT molecular complexity index is 899. The number of hydrogen-bond acceptors (Lipinski definition) is 5. The minimum Gasteiger partial charge on any atom is -0.497 e. The summed E-state index contributed by atoms with van der Waals surface area (Å²) < 4.78 is 6.99. The number of nitro benzene ring substituents is 1. The Balaban J connectivity index is 1.99. The van der Waals surface area contributed by atoms with Crippen LogP contribution >= 0.6 is 0 Å². The summed E-state index contributed by atoms with van der Waals surface area (Å²) in [4.78, 5) is 15.1. The van der Waals surface area contributed by atoms with Gasteiger partial charge in [-0.05, 0) is 29.7 Å². The average molecular weight is 352 g/mol. The van der Waals surface area contributed by atoms with Crippen molar-refractivity contribution >= 4 is 11.6 Å². The highest BCUT2D eigenvalue weighted by Gasteiger charge is 2.20. The first kappa shape index (κ1) is 17.5. The van der Waals surface area contributed by atoms with Crippen molar-refractivity contribution in [1.82, 2.24) is 9.55 Å². The van der Waals surface area contributed by atoms with Crippen molar-refractivity contribution in [2.45, 2.75) is 12.3 Å². The number of hydrogen-bond donors (Lipinski definition) is 1. The summed E-state index contributed by atoms with van der Waals surface area (Å²) in [5.41, 5.74) is 8.71. The second-order valence-corrected chi connectivity index (χ2v) is 6.09. The first-order valence-electron chi connectivity index (χ1n) is 8.14. The maximum Gasteiger partial charge on any atom is 0.269 e. The number of nitrogens with two attached hydrogens (primary N) is 1. The molecule has 0 spiro atoms. The third kappa shape index (κ3) is 3.66. The number of methoxy groups -OCH3 is 1. The number of ether oxygens (including phenoxy) is 1. The van der Waals surface area contributed by atoms with Crippen LogP contribution in [-0.2, 0) is 13.5 Å². The van der Waals surface area contributed by atoms with Gasteiger partial charge in [-0.15, -0.1) is 0 Å². The minimum atomic E-state index is -0.384. The largest absolute Gasteiger partial charge is 0.497 e. The number of benzene rings is 2. The monoisotopic (exact) mass is 352 g/mol. The number of imidazole rings is 1. The predicted molar refractivity (Wildman–Crippen MR) is 99.3 cm³/mol. The maximum atomic E-state index is 11.1. The van der Waals surface area contributed by atoms with E-state index in [2.05, 4.69) is 4.98 Å². The summed E-state index contributed by atoms with van der Waals surface area (Å²) in [6.45, 7) is 0. The molecule has 0 amide bonds. The van der Waals surface area contributed by atoms with Crippen molar-refractivity contribution < 1.29 is 9.66 Å². The van der Waals surface area contributed by atoms with E-state index in [4.69, 9.17) is 10.5 Å². The Morgan fingerprint density at radius 3 is 2.58 bits per heavy atom. The molecule has 7 nitrogen and oxygen atoms in total.